The summed E-state index contributed by atoms with van der Waals surface area (Å²) in [6.07, 6.45) is -0.704. The first-order valence-electron chi connectivity index (χ1n) is 3.18. The van der Waals surface area contributed by atoms with Gasteiger partial charge in [-0.25, -0.2) is 0 Å². The average molecular weight is 112 g/mol. The summed E-state index contributed by atoms with van der Waals surface area (Å²) in [5, 5.41) is 18.2. The number of fused-ring (bicyclic) bond motifs is 1. The third-order valence-electron chi connectivity index (χ3n) is 3.08. The van der Waals surface area contributed by atoms with Crippen LogP contribution in [0, 0.1) is 23.7 Å². The summed E-state index contributed by atoms with van der Waals surface area (Å²) in [7, 11) is 0. The molecule has 4 aliphatic carbocycles. The molecule has 0 saturated heterocycles. The first-order chi connectivity index (χ1) is 3.82. The fourth-order valence-electron chi connectivity index (χ4n) is 2.50. The maximum atomic E-state index is 9.08. The molecule has 4 saturated carbocycles. The van der Waals surface area contributed by atoms with Gasteiger partial charge < -0.3 is 10.2 Å². The number of aliphatic hydroxyl groups is 2. The van der Waals surface area contributed by atoms with Gasteiger partial charge in [0.15, 0.2) is 0 Å². The van der Waals surface area contributed by atoms with Crippen LogP contribution < -0.4 is 0 Å². The second-order valence-corrected chi connectivity index (χ2v) is 3.29. The lowest BCUT2D eigenvalue weighted by atomic mass is 10.2. The summed E-state index contributed by atoms with van der Waals surface area (Å²) in [6, 6.07) is 0. The zero-order chi connectivity index (χ0) is 5.46. The molecular weight excluding hydrogens is 104 g/mol. The molecule has 0 radical (unpaired) electrons. The van der Waals surface area contributed by atoms with Crippen LogP contribution in [0.15, 0.2) is 0 Å². The van der Waals surface area contributed by atoms with Crippen LogP contribution >= 0.6 is 0 Å². The minimum Gasteiger partial charge on any atom is -0.390 e. The molecule has 4 rings (SSSR count). The lowest BCUT2D eigenvalue weighted by Crippen LogP contribution is -2.19. The second-order valence-electron chi connectivity index (χ2n) is 3.29. The van der Waals surface area contributed by atoms with Gasteiger partial charge in [-0.05, 0) is 23.7 Å². The minimum absolute atomic E-state index is 0.352. The van der Waals surface area contributed by atoms with E-state index in [9.17, 15) is 0 Å². The quantitative estimate of drug-likeness (QED) is 0.431. The lowest BCUT2D eigenvalue weighted by Gasteiger charge is -2.02. The Morgan fingerprint density at radius 2 is 1.00 bits per heavy atom. The van der Waals surface area contributed by atoms with E-state index in [1.165, 1.54) is 0 Å². The van der Waals surface area contributed by atoms with Crippen LogP contribution in [0.5, 0.6) is 0 Å². The monoisotopic (exact) mass is 112 g/mol. The van der Waals surface area contributed by atoms with Crippen LogP contribution in [0.1, 0.15) is 0 Å². The Hall–Kier alpha value is -0.0800. The van der Waals surface area contributed by atoms with Gasteiger partial charge in [-0.2, -0.15) is 0 Å². The number of hydrogen-bond acceptors (Lipinski definition) is 2. The Morgan fingerprint density at radius 1 is 0.625 bits per heavy atom. The van der Waals surface area contributed by atoms with Gasteiger partial charge in [-0.1, -0.05) is 0 Å². The van der Waals surface area contributed by atoms with Crippen molar-refractivity contribution in [3.05, 3.63) is 0 Å². The standard InChI is InChI=1S/C6H8O2/c7-5-3-1-2(3)4(1)6(5)8/h1-8H/t1?,2?,3?,4?,5-,6+. The molecule has 0 aromatic rings. The zero-order valence-corrected chi connectivity index (χ0v) is 4.36. The van der Waals surface area contributed by atoms with Crippen molar-refractivity contribution in [3.63, 3.8) is 0 Å². The van der Waals surface area contributed by atoms with E-state index in [4.69, 9.17) is 10.2 Å². The van der Waals surface area contributed by atoms with Gasteiger partial charge in [-0.3, -0.25) is 0 Å². The summed E-state index contributed by atoms with van der Waals surface area (Å²) >= 11 is 0. The van der Waals surface area contributed by atoms with Gasteiger partial charge in [0.05, 0.1) is 12.2 Å². The lowest BCUT2D eigenvalue weighted by molar-refractivity contribution is 0.0396. The summed E-state index contributed by atoms with van der Waals surface area (Å²) in [5.41, 5.74) is 0. The predicted octanol–water partition coefficient (Wildman–Crippen LogP) is -0.786. The van der Waals surface area contributed by atoms with E-state index in [1.54, 1.807) is 0 Å². The molecule has 2 N–H and O–H groups in total. The molecular formula is C6H8O2. The van der Waals surface area contributed by atoms with Crippen molar-refractivity contribution in [2.45, 2.75) is 12.2 Å². The van der Waals surface area contributed by atoms with Crippen LogP contribution in [0.4, 0.5) is 0 Å². The summed E-state index contributed by atoms with van der Waals surface area (Å²) < 4.78 is 0. The molecule has 4 fully saturated rings. The number of aliphatic hydroxyl groups excluding tert-OH is 2. The molecule has 0 amide bonds. The van der Waals surface area contributed by atoms with Gasteiger partial charge in [0.25, 0.3) is 0 Å². The van der Waals surface area contributed by atoms with Crippen molar-refractivity contribution >= 4 is 0 Å². The molecule has 0 aromatic heterocycles. The Morgan fingerprint density at radius 3 is 1.12 bits per heavy atom. The van der Waals surface area contributed by atoms with E-state index in [0.717, 1.165) is 11.8 Å². The highest BCUT2D eigenvalue weighted by molar-refractivity contribution is 5.31. The Bertz CT molecular complexity index is 131. The van der Waals surface area contributed by atoms with Gasteiger partial charge in [0.1, 0.15) is 0 Å². The molecule has 8 heavy (non-hydrogen) atoms. The Labute approximate surface area is 47.1 Å². The SMILES string of the molecule is O[C@@H]1C2C3C2C3[C@@H]1O. The second kappa shape index (κ2) is 0.755. The molecule has 2 unspecified atom stereocenters. The molecule has 0 aliphatic heterocycles. The van der Waals surface area contributed by atoms with Crippen molar-refractivity contribution in [3.8, 4) is 0 Å². The van der Waals surface area contributed by atoms with Crippen molar-refractivity contribution < 1.29 is 10.2 Å². The third-order valence-corrected chi connectivity index (χ3v) is 3.08. The normalized spacial score (nSPS) is 81.8. The Balaban J connectivity index is 2.02. The van der Waals surface area contributed by atoms with Crippen molar-refractivity contribution in [1.29, 1.82) is 0 Å². The van der Waals surface area contributed by atoms with E-state index >= 15 is 0 Å². The summed E-state index contributed by atoms with van der Waals surface area (Å²) in [5.74, 6) is 2.55. The van der Waals surface area contributed by atoms with Gasteiger partial charge >= 0.3 is 0 Å². The van der Waals surface area contributed by atoms with Crippen LogP contribution in [0.25, 0.3) is 0 Å². The molecule has 4 atom stereocenters. The number of rotatable bonds is 0. The molecule has 0 spiro atoms. The molecule has 4 aliphatic rings. The maximum absolute atomic E-state index is 9.08. The van der Waals surface area contributed by atoms with Crippen LogP contribution in [-0.2, 0) is 0 Å². The molecule has 2 bridgehead atoms. The molecule has 0 heterocycles. The van der Waals surface area contributed by atoms with Crippen molar-refractivity contribution in [2.75, 3.05) is 0 Å². The maximum Gasteiger partial charge on any atom is 0.0835 e. The summed E-state index contributed by atoms with van der Waals surface area (Å²) in [4.78, 5) is 0. The van der Waals surface area contributed by atoms with Crippen LogP contribution in [0.3, 0.4) is 0 Å². The average Bonchev–Trinajstić information content (AvgIpc) is 2.45. The highest BCUT2D eigenvalue weighted by atomic mass is 16.3. The largest absolute Gasteiger partial charge is 0.390 e. The Kier molecular flexibility index (Phi) is 0.364. The van der Waals surface area contributed by atoms with E-state index in [-0.39, 0.29) is 12.2 Å². The number of hydrogen-bond donors (Lipinski definition) is 2. The smallest absolute Gasteiger partial charge is 0.0835 e. The van der Waals surface area contributed by atoms with Crippen molar-refractivity contribution in [2.24, 2.45) is 23.7 Å². The fraction of sp³-hybridized carbons (Fsp3) is 1.00. The first-order valence-corrected chi connectivity index (χ1v) is 3.18. The van der Waals surface area contributed by atoms with Crippen molar-refractivity contribution in [1.82, 2.24) is 0 Å². The fourth-order valence-corrected chi connectivity index (χ4v) is 2.50. The molecule has 0 aromatic carbocycles. The summed E-state index contributed by atoms with van der Waals surface area (Å²) in [6.45, 7) is 0. The first kappa shape index (κ1) is 3.85. The molecule has 2 heteroatoms. The third kappa shape index (κ3) is 0.184. The topological polar surface area (TPSA) is 40.5 Å². The van der Waals surface area contributed by atoms with E-state index in [2.05, 4.69) is 0 Å². The van der Waals surface area contributed by atoms with Gasteiger partial charge in [0.2, 0.25) is 0 Å². The van der Waals surface area contributed by atoms with E-state index in [0.29, 0.717) is 11.8 Å². The highest BCUT2D eigenvalue weighted by Crippen LogP contribution is 2.81. The van der Waals surface area contributed by atoms with E-state index in [1.807, 2.05) is 0 Å². The minimum atomic E-state index is -0.352. The molecule has 44 valence electrons. The van der Waals surface area contributed by atoms with E-state index < -0.39 is 0 Å². The highest BCUT2D eigenvalue weighted by Gasteiger charge is 2.84. The van der Waals surface area contributed by atoms with Crippen LogP contribution in [-0.4, -0.2) is 22.4 Å². The predicted molar refractivity (Wildman–Crippen MR) is 26.0 cm³/mol. The zero-order valence-electron chi connectivity index (χ0n) is 4.36. The van der Waals surface area contributed by atoms with Gasteiger partial charge in [-0.15, -0.1) is 0 Å². The van der Waals surface area contributed by atoms with Crippen LogP contribution in [0.2, 0.25) is 0 Å². The molecule has 2 nitrogen and oxygen atoms in total. The van der Waals surface area contributed by atoms with Gasteiger partial charge in [0, 0.05) is 0 Å².